The molecule has 2 aromatic rings. The van der Waals surface area contributed by atoms with Gasteiger partial charge in [0.1, 0.15) is 0 Å². The lowest BCUT2D eigenvalue weighted by Crippen LogP contribution is -2.07. The van der Waals surface area contributed by atoms with Crippen LogP contribution in [0.5, 0.6) is 0 Å². The van der Waals surface area contributed by atoms with Crippen LogP contribution in [0.25, 0.3) is 0 Å². The van der Waals surface area contributed by atoms with Crippen molar-refractivity contribution >= 4 is 17.3 Å². The van der Waals surface area contributed by atoms with Crippen molar-refractivity contribution in [2.75, 3.05) is 5.32 Å². The van der Waals surface area contributed by atoms with Gasteiger partial charge in [-0.25, -0.2) is 0 Å². The van der Waals surface area contributed by atoms with Crippen molar-refractivity contribution in [3.8, 4) is 0 Å². The van der Waals surface area contributed by atoms with E-state index in [1.807, 2.05) is 37.3 Å². The predicted molar refractivity (Wildman–Crippen MR) is 72.5 cm³/mol. The number of halogens is 1. The molecule has 0 radical (unpaired) electrons. The van der Waals surface area contributed by atoms with E-state index in [2.05, 4.69) is 17.2 Å². The Morgan fingerprint density at radius 3 is 2.59 bits per heavy atom. The molecule has 88 valence electrons. The SMILES string of the molecule is Cc1c(Cl)cccc1NC(C)c1ccncc1. The zero-order valence-corrected chi connectivity index (χ0v) is 10.7. The molecule has 1 N–H and O–H groups in total. The minimum Gasteiger partial charge on any atom is -0.378 e. The van der Waals surface area contributed by atoms with Gasteiger partial charge in [-0.15, -0.1) is 0 Å². The van der Waals surface area contributed by atoms with Crippen LogP contribution in [-0.2, 0) is 0 Å². The molecule has 2 rings (SSSR count). The van der Waals surface area contributed by atoms with Gasteiger partial charge < -0.3 is 5.32 Å². The first-order valence-corrected chi connectivity index (χ1v) is 5.98. The van der Waals surface area contributed by atoms with E-state index in [1.54, 1.807) is 12.4 Å². The molecule has 0 spiro atoms. The number of pyridine rings is 1. The fourth-order valence-electron chi connectivity index (χ4n) is 1.73. The second-order valence-corrected chi connectivity index (χ2v) is 4.47. The molecule has 0 fully saturated rings. The number of hydrogen-bond acceptors (Lipinski definition) is 2. The van der Waals surface area contributed by atoms with Gasteiger partial charge in [-0.1, -0.05) is 17.7 Å². The first-order chi connectivity index (χ1) is 8.18. The minimum atomic E-state index is 0.232. The van der Waals surface area contributed by atoms with E-state index >= 15 is 0 Å². The van der Waals surface area contributed by atoms with Crippen molar-refractivity contribution in [1.29, 1.82) is 0 Å². The quantitative estimate of drug-likeness (QED) is 0.877. The highest BCUT2D eigenvalue weighted by molar-refractivity contribution is 6.31. The van der Waals surface area contributed by atoms with Gasteiger partial charge in [0.05, 0.1) is 0 Å². The van der Waals surface area contributed by atoms with Gasteiger partial charge >= 0.3 is 0 Å². The molecule has 0 saturated carbocycles. The standard InChI is InChI=1S/C14H15ClN2/c1-10-13(15)4-3-5-14(10)17-11(2)12-6-8-16-9-7-12/h3-9,11,17H,1-2H3. The highest BCUT2D eigenvalue weighted by Crippen LogP contribution is 2.26. The molecule has 0 saturated heterocycles. The number of nitrogens with one attached hydrogen (secondary N) is 1. The van der Waals surface area contributed by atoms with Crippen LogP contribution in [0.1, 0.15) is 24.1 Å². The highest BCUT2D eigenvalue weighted by atomic mass is 35.5. The zero-order valence-electron chi connectivity index (χ0n) is 9.94. The molecule has 1 unspecified atom stereocenters. The van der Waals surface area contributed by atoms with Crippen LogP contribution in [-0.4, -0.2) is 4.98 Å². The highest BCUT2D eigenvalue weighted by Gasteiger charge is 2.07. The van der Waals surface area contributed by atoms with Crippen molar-refractivity contribution in [1.82, 2.24) is 4.98 Å². The summed E-state index contributed by atoms with van der Waals surface area (Å²) in [6.07, 6.45) is 3.61. The van der Waals surface area contributed by atoms with Gasteiger partial charge in [-0.3, -0.25) is 4.98 Å². The van der Waals surface area contributed by atoms with E-state index in [1.165, 1.54) is 5.56 Å². The monoisotopic (exact) mass is 246 g/mol. The van der Waals surface area contributed by atoms with Crippen LogP contribution < -0.4 is 5.32 Å². The summed E-state index contributed by atoms with van der Waals surface area (Å²) in [5.41, 5.74) is 3.36. The number of anilines is 1. The van der Waals surface area contributed by atoms with Crippen molar-refractivity contribution in [2.24, 2.45) is 0 Å². The molecule has 2 nitrogen and oxygen atoms in total. The Morgan fingerprint density at radius 1 is 1.18 bits per heavy atom. The molecule has 0 aliphatic carbocycles. The van der Waals surface area contributed by atoms with E-state index in [9.17, 15) is 0 Å². The lowest BCUT2D eigenvalue weighted by molar-refractivity contribution is 0.878. The van der Waals surface area contributed by atoms with Gasteiger partial charge in [-0.2, -0.15) is 0 Å². The van der Waals surface area contributed by atoms with Crippen molar-refractivity contribution in [3.05, 3.63) is 58.9 Å². The molecule has 1 aromatic carbocycles. The molecule has 17 heavy (non-hydrogen) atoms. The summed E-state index contributed by atoms with van der Waals surface area (Å²) in [5, 5.41) is 4.24. The third kappa shape index (κ3) is 2.77. The maximum absolute atomic E-state index is 6.09. The van der Waals surface area contributed by atoms with E-state index in [0.717, 1.165) is 16.3 Å². The molecule has 1 heterocycles. The summed E-state index contributed by atoms with van der Waals surface area (Å²) in [7, 11) is 0. The van der Waals surface area contributed by atoms with Crippen LogP contribution >= 0.6 is 11.6 Å². The summed E-state index contributed by atoms with van der Waals surface area (Å²) in [5.74, 6) is 0. The minimum absolute atomic E-state index is 0.232. The lowest BCUT2D eigenvalue weighted by atomic mass is 10.1. The van der Waals surface area contributed by atoms with Crippen molar-refractivity contribution in [3.63, 3.8) is 0 Å². The number of benzene rings is 1. The molecule has 0 bridgehead atoms. The molecule has 0 aliphatic heterocycles. The third-order valence-corrected chi connectivity index (χ3v) is 3.26. The first-order valence-electron chi connectivity index (χ1n) is 5.60. The van der Waals surface area contributed by atoms with Crippen molar-refractivity contribution in [2.45, 2.75) is 19.9 Å². The lowest BCUT2D eigenvalue weighted by Gasteiger charge is -2.17. The van der Waals surface area contributed by atoms with Gasteiger partial charge in [0.15, 0.2) is 0 Å². The Hall–Kier alpha value is -1.54. The normalized spacial score (nSPS) is 12.2. The molecule has 1 atom stereocenters. The summed E-state index contributed by atoms with van der Waals surface area (Å²) >= 11 is 6.09. The number of rotatable bonds is 3. The second kappa shape index (κ2) is 5.19. The number of nitrogens with zero attached hydrogens (tertiary/aromatic N) is 1. The van der Waals surface area contributed by atoms with Crippen molar-refractivity contribution < 1.29 is 0 Å². The van der Waals surface area contributed by atoms with Gasteiger partial charge in [-0.05, 0) is 49.2 Å². The summed E-state index contributed by atoms with van der Waals surface area (Å²) < 4.78 is 0. The zero-order chi connectivity index (χ0) is 12.3. The molecular formula is C14H15ClN2. The maximum Gasteiger partial charge on any atom is 0.0486 e. The molecule has 0 aliphatic rings. The van der Waals surface area contributed by atoms with E-state index in [-0.39, 0.29) is 6.04 Å². The van der Waals surface area contributed by atoms with Crippen LogP contribution in [0.4, 0.5) is 5.69 Å². The predicted octanol–water partition coefficient (Wildman–Crippen LogP) is 4.22. The Bertz CT molecular complexity index is 497. The summed E-state index contributed by atoms with van der Waals surface area (Å²) in [4.78, 5) is 4.02. The van der Waals surface area contributed by atoms with Crippen LogP contribution in [0.3, 0.4) is 0 Å². The fraction of sp³-hybridized carbons (Fsp3) is 0.214. The average molecular weight is 247 g/mol. The van der Waals surface area contributed by atoms with E-state index < -0.39 is 0 Å². The average Bonchev–Trinajstić information content (AvgIpc) is 2.36. The third-order valence-electron chi connectivity index (χ3n) is 2.85. The number of hydrogen-bond donors (Lipinski definition) is 1. The fourth-order valence-corrected chi connectivity index (χ4v) is 1.91. The molecule has 0 amide bonds. The Balaban J connectivity index is 2.19. The molecule has 3 heteroatoms. The summed E-state index contributed by atoms with van der Waals surface area (Å²) in [6.45, 7) is 4.14. The smallest absolute Gasteiger partial charge is 0.0486 e. The molecule has 1 aromatic heterocycles. The molecular weight excluding hydrogens is 232 g/mol. The van der Waals surface area contributed by atoms with E-state index in [4.69, 9.17) is 11.6 Å². The van der Waals surface area contributed by atoms with Gasteiger partial charge in [0.25, 0.3) is 0 Å². The Labute approximate surface area is 107 Å². The van der Waals surface area contributed by atoms with Crippen LogP contribution in [0.2, 0.25) is 5.02 Å². The van der Waals surface area contributed by atoms with Crippen LogP contribution in [0.15, 0.2) is 42.7 Å². The van der Waals surface area contributed by atoms with Gasteiger partial charge in [0, 0.05) is 29.1 Å². The second-order valence-electron chi connectivity index (χ2n) is 4.06. The maximum atomic E-state index is 6.09. The van der Waals surface area contributed by atoms with E-state index in [0.29, 0.717) is 0 Å². The largest absolute Gasteiger partial charge is 0.378 e. The van der Waals surface area contributed by atoms with Gasteiger partial charge in [0.2, 0.25) is 0 Å². The number of aromatic nitrogens is 1. The van der Waals surface area contributed by atoms with Crippen LogP contribution in [0, 0.1) is 6.92 Å². The summed E-state index contributed by atoms with van der Waals surface area (Å²) in [6, 6.07) is 10.2. The Kier molecular flexibility index (Phi) is 3.64. The first kappa shape index (κ1) is 11.9. The topological polar surface area (TPSA) is 24.9 Å². The Morgan fingerprint density at radius 2 is 1.88 bits per heavy atom.